The lowest BCUT2D eigenvalue weighted by atomic mass is 10.1. The van der Waals surface area contributed by atoms with Crippen LogP contribution in [0.2, 0.25) is 0 Å². The average molecular weight is 396 g/mol. The number of benzene rings is 3. The van der Waals surface area contributed by atoms with Gasteiger partial charge < -0.3 is 10.1 Å². The van der Waals surface area contributed by atoms with Gasteiger partial charge in [0.05, 0.1) is 4.47 Å². The summed E-state index contributed by atoms with van der Waals surface area (Å²) >= 11 is 3.62. The smallest absolute Gasteiger partial charge is 0.134 e. The third kappa shape index (κ3) is 5.18. The van der Waals surface area contributed by atoms with Gasteiger partial charge in [-0.15, -0.1) is 0 Å². The van der Waals surface area contributed by atoms with Crippen molar-refractivity contribution in [2.75, 3.05) is 0 Å². The molecule has 25 heavy (non-hydrogen) atoms. The molecule has 3 aromatic rings. The number of halogens is 1. The van der Waals surface area contributed by atoms with Crippen molar-refractivity contribution in [1.82, 2.24) is 5.32 Å². The average Bonchev–Trinajstić information content (AvgIpc) is 2.67. The second-order valence-electron chi connectivity index (χ2n) is 6.05. The van der Waals surface area contributed by atoms with Crippen LogP contribution in [-0.4, -0.2) is 0 Å². The second-order valence-corrected chi connectivity index (χ2v) is 6.91. The van der Waals surface area contributed by atoms with Crippen molar-refractivity contribution in [1.29, 1.82) is 0 Å². The Bertz CT molecular complexity index is 790. The van der Waals surface area contributed by atoms with Gasteiger partial charge in [0.2, 0.25) is 0 Å². The van der Waals surface area contributed by atoms with E-state index in [4.69, 9.17) is 4.74 Å². The molecule has 0 unspecified atom stereocenters. The van der Waals surface area contributed by atoms with Crippen LogP contribution >= 0.6 is 15.9 Å². The molecule has 0 amide bonds. The first-order valence-corrected chi connectivity index (χ1v) is 9.25. The van der Waals surface area contributed by atoms with Crippen molar-refractivity contribution in [3.05, 3.63) is 100 Å². The lowest BCUT2D eigenvalue weighted by Gasteiger charge is -2.15. The van der Waals surface area contributed by atoms with Crippen molar-refractivity contribution in [3.63, 3.8) is 0 Å². The number of hydrogen-bond donors (Lipinski definition) is 1. The van der Waals surface area contributed by atoms with E-state index in [1.54, 1.807) is 0 Å². The van der Waals surface area contributed by atoms with E-state index in [9.17, 15) is 0 Å². The fourth-order valence-electron chi connectivity index (χ4n) is 2.64. The molecule has 128 valence electrons. The van der Waals surface area contributed by atoms with Gasteiger partial charge in [0.15, 0.2) is 0 Å². The third-order valence-corrected chi connectivity index (χ3v) is 4.77. The molecule has 3 heteroatoms. The van der Waals surface area contributed by atoms with Gasteiger partial charge in [-0.2, -0.15) is 0 Å². The van der Waals surface area contributed by atoms with Crippen LogP contribution in [0.25, 0.3) is 0 Å². The molecule has 0 spiro atoms. The van der Waals surface area contributed by atoms with Crippen LogP contribution < -0.4 is 10.1 Å². The first-order chi connectivity index (χ1) is 12.2. The molecule has 0 aliphatic heterocycles. The molecule has 0 saturated heterocycles. The largest absolute Gasteiger partial charge is 0.488 e. The van der Waals surface area contributed by atoms with E-state index in [0.717, 1.165) is 22.3 Å². The number of ether oxygens (including phenoxy) is 1. The summed E-state index contributed by atoms with van der Waals surface area (Å²) < 4.78 is 6.89. The van der Waals surface area contributed by atoms with E-state index in [2.05, 4.69) is 76.7 Å². The van der Waals surface area contributed by atoms with Gasteiger partial charge in [-0.05, 0) is 51.7 Å². The monoisotopic (exact) mass is 395 g/mol. The first-order valence-electron chi connectivity index (χ1n) is 8.46. The maximum Gasteiger partial charge on any atom is 0.134 e. The van der Waals surface area contributed by atoms with Crippen molar-refractivity contribution in [3.8, 4) is 5.75 Å². The molecule has 0 radical (unpaired) electrons. The van der Waals surface area contributed by atoms with Crippen molar-refractivity contribution in [2.45, 2.75) is 26.1 Å². The van der Waals surface area contributed by atoms with Crippen LogP contribution in [0.1, 0.15) is 29.7 Å². The zero-order valence-electron chi connectivity index (χ0n) is 14.3. The van der Waals surface area contributed by atoms with Crippen molar-refractivity contribution >= 4 is 15.9 Å². The van der Waals surface area contributed by atoms with E-state index < -0.39 is 0 Å². The van der Waals surface area contributed by atoms with E-state index in [1.807, 2.05) is 30.3 Å². The molecule has 0 aliphatic rings. The highest BCUT2D eigenvalue weighted by atomic mass is 79.9. The predicted octanol–water partition coefficient (Wildman–Crippen LogP) is 5.88. The Hall–Kier alpha value is -2.10. The summed E-state index contributed by atoms with van der Waals surface area (Å²) in [6.07, 6.45) is 0. The first kappa shape index (κ1) is 17.7. The predicted molar refractivity (Wildman–Crippen MR) is 107 cm³/mol. The molecular formula is C22H22BrNO. The quantitative estimate of drug-likeness (QED) is 0.539. The number of nitrogens with one attached hydrogen (secondary N) is 1. The second kappa shape index (κ2) is 8.84. The molecule has 1 atom stereocenters. The highest BCUT2D eigenvalue weighted by molar-refractivity contribution is 9.10. The summed E-state index contributed by atoms with van der Waals surface area (Å²) in [5.74, 6) is 0.865. The minimum Gasteiger partial charge on any atom is -0.488 e. The van der Waals surface area contributed by atoms with Gasteiger partial charge >= 0.3 is 0 Å². The molecule has 0 aromatic heterocycles. The van der Waals surface area contributed by atoms with Crippen LogP contribution in [0.15, 0.2) is 83.3 Å². The third-order valence-electron chi connectivity index (χ3n) is 4.15. The zero-order valence-corrected chi connectivity index (χ0v) is 15.9. The van der Waals surface area contributed by atoms with E-state index in [-0.39, 0.29) is 0 Å². The summed E-state index contributed by atoms with van der Waals surface area (Å²) in [6, 6.07) is 27.2. The normalized spacial score (nSPS) is 11.9. The Labute approximate surface area is 158 Å². The van der Waals surface area contributed by atoms with Crippen LogP contribution in [0, 0.1) is 0 Å². The minimum absolute atomic E-state index is 0.314. The molecule has 3 rings (SSSR count). The summed E-state index contributed by atoms with van der Waals surface area (Å²) in [4.78, 5) is 0. The maximum atomic E-state index is 5.91. The van der Waals surface area contributed by atoms with E-state index in [0.29, 0.717) is 12.6 Å². The molecular weight excluding hydrogens is 374 g/mol. The highest BCUT2D eigenvalue weighted by Gasteiger charge is 2.06. The summed E-state index contributed by atoms with van der Waals surface area (Å²) in [6.45, 7) is 3.57. The summed E-state index contributed by atoms with van der Waals surface area (Å²) in [5.41, 5.74) is 3.68. The van der Waals surface area contributed by atoms with E-state index >= 15 is 0 Å². The van der Waals surface area contributed by atoms with Gasteiger partial charge in [0.25, 0.3) is 0 Å². The van der Waals surface area contributed by atoms with Gasteiger partial charge in [0.1, 0.15) is 12.4 Å². The fraction of sp³-hybridized carbons (Fsp3) is 0.182. The topological polar surface area (TPSA) is 21.3 Å². The summed E-state index contributed by atoms with van der Waals surface area (Å²) in [7, 11) is 0. The standard InChI is InChI=1S/C22H22BrNO/c1-17(20-10-6-3-7-11-20)24-15-19-12-13-22(21(23)14-19)25-16-18-8-4-2-5-9-18/h2-14,17,24H,15-16H2,1H3/t17-/m0/s1. The van der Waals surface area contributed by atoms with Crippen LogP contribution in [0.5, 0.6) is 5.75 Å². The summed E-state index contributed by atoms with van der Waals surface area (Å²) in [5, 5.41) is 3.56. The van der Waals surface area contributed by atoms with Gasteiger partial charge in [-0.1, -0.05) is 66.7 Å². The van der Waals surface area contributed by atoms with Crippen molar-refractivity contribution < 1.29 is 4.74 Å². The van der Waals surface area contributed by atoms with Gasteiger partial charge in [-0.3, -0.25) is 0 Å². The van der Waals surface area contributed by atoms with Crippen molar-refractivity contribution in [2.24, 2.45) is 0 Å². The lowest BCUT2D eigenvalue weighted by molar-refractivity contribution is 0.304. The molecule has 1 N–H and O–H groups in total. The molecule has 3 aromatic carbocycles. The Morgan fingerprint density at radius 3 is 2.24 bits per heavy atom. The Morgan fingerprint density at radius 2 is 1.56 bits per heavy atom. The fourth-order valence-corrected chi connectivity index (χ4v) is 3.18. The van der Waals surface area contributed by atoms with Gasteiger partial charge in [-0.25, -0.2) is 0 Å². The van der Waals surface area contributed by atoms with E-state index in [1.165, 1.54) is 11.1 Å². The van der Waals surface area contributed by atoms with Crippen LogP contribution in [0.3, 0.4) is 0 Å². The molecule has 0 heterocycles. The lowest BCUT2D eigenvalue weighted by Crippen LogP contribution is -2.17. The van der Waals surface area contributed by atoms with Crippen LogP contribution in [0.4, 0.5) is 0 Å². The number of hydrogen-bond acceptors (Lipinski definition) is 2. The molecule has 0 bridgehead atoms. The Balaban J connectivity index is 1.56. The molecule has 0 saturated carbocycles. The Kier molecular flexibility index (Phi) is 6.26. The van der Waals surface area contributed by atoms with Gasteiger partial charge in [0, 0.05) is 12.6 Å². The maximum absolute atomic E-state index is 5.91. The Morgan fingerprint density at radius 1 is 0.880 bits per heavy atom. The SMILES string of the molecule is C[C@H](NCc1ccc(OCc2ccccc2)c(Br)c1)c1ccccc1. The molecule has 0 aliphatic carbocycles. The minimum atomic E-state index is 0.314. The van der Waals surface area contributed by atoms with Crippen LogP contribution in [-0.2, 0) is 13.2 Å². The number of rotatable bonds is 7. The zero-order chi connectivity index (χ0) is 17.5. The molecule has 0 fully saturated rings. The highest BCUT2D eigenvalue weighted by Crippen LogP contribution is 2.27. The molecule has 2 nitrogen and oxygen atoms in total.